The lowest BCUT2D eigenvalue weighted by Gasteiger charge is -2.19. The number of rotatable bonds is 5. The van der Waals surface area contributed by atoms with Crippen molar-refractivity contribution in [3.05, 3.63) is 84.9 Å². The first-order chi connectivity index (χ1) is 18.9. The average molecular weight is 527 g/mol. The van der Waals surface area contributed by atoms with Crippen LogP contribution in [0.3, 0.4) is 0 Å². The summed E-state index contributed by atoms with van der Waals surface area (Å²) < 4.78 is 15.8. The first kappa shape index (κ1) is 25.3. The smallest absolute Gasteiger partial charge is 0.262 e. The number of hydrogen-bond acceptors (Lipinski definition) is 8. The maximum absolute atomic E-state index is 11.2. The van der Waals surface area contributed by atoms with Crippen molar-refractivity contribution in [1.82, 2.24) is 0 Å². The molecule has 0 unspecified atom stereocenters. The molecule has 0 spiro atoms. The lowest BCUT2D eigenvalue weighted by molar-refractivity contribution is -0.119. The van der Waals surface area contributed by atoms with Crippen molar-refractivity contribution in [1.29, 1.82) is 0 Å². The van der Waals surface area contributed by atoms with Gasteiger partial charge in [-0.1, -0.05) is 0 Å². The van der Waals surface area contributed by atoms with Crippen molar-refractivity contribution in [3.63, 3.8) is 0 Å². The molecule has 0 bridgehead atoms. The second-order valence-electron chi connectivity index (χ2n) is 8.62. The van der Waals surface area contributed by atoms with E-state index in [-0.39, 0.29) is 30.8 Å². The summed E-state index contributed by atoms with van der Waals surface area (Å²) in [4.78, 5) is 22.4. The molecule has 198 valence electrons. The van der Waals surface area contributed by atoms with Crippen molar-refractivity contribution >= 4 is 45.9 Å². The molecular formula is C29H26N4O6. The van der Waals surface area contributed by atoms with Gasteiger partial charge >= 0.3 is 0 Å². The van der Waals surface area contributed by atoms with E-state index in [1.807, 2.05) is 54.6 Å². The molecule has 2 aliphatic rings. The number of anilines is 6. The highest BCUT2D eigenvalue weighted by molar-refractivity contribution is 5.96. The number of ether oxygens (including phenoxy) is 3. The molecule has 4 aromatic carbocycles. The van der Waals surface area contributed by atoms with Crippen LogP contribution in [-0.2, 0) is 9.59 Å². The molecule has 0 atom stereocenters. The van der Waals surface area contributed by atoms with Gasteiger partial charge in [0.15, 0.2) is 13.2 Å². The number of fused-ring (bicyclic) bond motifs is 2. The highest BCUT2D eigenvalue weighted by Gasteiger charge is 2.17. The van der Waals surface area contributed by atoms with Crippen LogP contribution in [0.1, 0.15) is 0 Å². The Bertz CT molecular complexity index is 1490. The van der Waals surface area contributed by atoms with Crippen LogP contribution in [0.5, 0.6) is 23.0 Å². The lowest BCUT2D eigenvalue weighted by Crippen LogP contribution is -2.25. The number of phenols is 1. The number of carbonyl (C=O) groups is 2. The normalized spacial score (nSPS) is 13.1. The molecule has 0 saturated carbocycles. The van der Waals surface area contributed by atoms with E-state index in [2.05, 4.69) is 21.3 Å². The van der Waals surface area contributed by atoms with E-state index in [1.54, 1.807) is 37.4 Å². The van der Waals surface area contributed by atoms with Crippen LogP contribution < -0.4 is 35.5 Å². The van der Waals surface area contributed by atoms with E-state index in [4.69, 9.17) is 14.2 Å². The minimum Gasteiger partial charge on any atom is -0.508 e. The van der Waals surface area contributed by atoms with Crippen LogP contribution in [0.2, 0.25) is 0 Å². The van der Waals surface area contributed by atoms with Gasteiger partial charge in [-0.25, -0.2) is 0 Å². The number of carbonyl (C=O) groups excluding carboxylic acids is 2. The standard InChI is InChI=1S/C15H14N2O3.C14H12N2O3/c1-19-12-5-2-10(3-6-12)16-11-4-7-13-14(8-11)20-9-15(18)17-13;17-11-4-1-9(2-5-11)15-10-3-6-12-13(7-10)19-8-14(18)16-12/h2-8,16H,9H2,1H3,(H,17,18);1-7,15,17H,8H2,(H,16,18). The van der Waals surface area contributed by atoms with E-state index < -0.39 is 0 Å². The first-order valence-electron chi connectivity index (χ1n) is 12.1. The van der Waals surface area contributed by atoms with E-state index in [0.29, 0.717) is 22.9 Å². The van der Waals surface area contributed by atoms with Gasteiger partial charge < -0.3 is 40.6 Å². The first-order valence-corrected chi connectivity index (χ1v) is 12.1. The number of phenolic OH excluding ortho intramolecular Hbond substituents is 1. The van der Waals surface area contributed by atoms with Crippen molar-refractivity contribution in [2.75, 3.05) is 41.6 Å². The number of amides is 2. The summed E-state index contributed by atoms with van der Waals surface area (Å²) in [6, 6.07) is 25.4. The summed E-state index contributed by atoms with van der Waals surface area (Å²) in [5, 5.41) is 21.2. The van der Waals surface area contributed by atoms with Gasteiger partial charge in [-0.15, -0.1) is 0 Å². The Morgan fingerprint density at radius 1 is 0.667 bits per heavy atom. The van der Waals surface area contributed by atoms with E-state index in [1.165, 1.54) is 0 Å². The molecule has 5 N–H and O–H groups in total. The fraction of sp³-hybridized carbons (Fsp3) is 0.103. The minimum atomic E-state index is -0.147. The van der Waals surface area contributed by atoms with Crippen molar-refractivity contribution in [3.8, 4) is 23.0 Å². The Morgan fingerprint density at radius 3 is 1.56 bits per heavy atom. The summed E-state index contributed by atoms with van der Waals surface area (Å²) >= 11 is 0. The quantitative estimate of drug-likeness (QED) is 0.223. The fourth-order valence-corrected chi connectivity index (χ4v) is 3.86. The lowest BCUT2D eigenvalue weighted by atomic mass is 10.2. The maximum atomic E-state index is 11.2. The molecule has 0 aliphatic carbocycles. The van der Waals surface area contributed by atoms with E-state index >= 15 is 0 Å². The number of aromatic hydroxyl groups is 1. The molecule has 0 aromatic heterocycles. The van der Waals surface area contributed by atoms with Gasteiger partial charge in [0.25, 0.3) is 11.8 Å². The Morgan fingerprint density at radius 2 is 1.10 bits per heavy atom. The Hall–Kier alpha value is -5.38. The van der Waals surface area contributed by atoms with Crippen LogP contribution in [-0.4, -0.2) is 37.2 Å². The monoisotopic (exact) mass is 526 g/mol. The molecule has 2 aliphatic heterocycles. The van der Waals surface area contributed by atoms with Crippen LogP contribution in [0, 0.1) is 0 Å². The minimum absolute atomic E-state index is 0.0374. The molecule has 4 aromatic rings. The molecule has 10 nitrogen and oxygen atoms in total. The largest absolute Gasteiger partial charge is 0.508 e. The SMILES string of the molecule is COc1ccc(Nc2ccc3c(c2)OCC(=O)N3)cc1.O=C1COc2cc(Nc3ccc(O)cc3)ccc2N1. The summed E-state index contributed by atoms with van der Waals surface area (Å²) in [5.41, 5.74) is 4.92. The molecule has 6 rings (SSSR count). The fourth-order valence-electron chi connectivity index (χ4n) is 3.86. The number of methoxy groups -OCH3 is 1. The molecule has 2 amide bonds. The van der Waals surface area contributed by atoms with Crippen molar-refractivity contribution in [2.45, 2.75) is 0 Å². The number of benzene rings is 4. The summed E-state index contributed by atoms with van der Waals surface area (Å²) in [7, 11) is 1.64. The molecule has 39 heavy (non-hydrogen) atoms. The van der Waals surface area contributed by atoms with Crippen LogP contribution in [0.15, 0.2) is 84.9 Å². The zero-order valence-corrected chi connectivity index (χ0v) is 21.0. The van der Waals surface area contributed by atoms with Gasteiger partial charge in [0.1, 0.15) is 23.0 Å². The molecular weight excluding hydrogens is 500 g/mol. The Balaban J connectivity index is 0.000000158. The summed E-state index contributed by atoms with van der Waals surface area (Å²) in [6.45, 7) is 0.0919. The summed E-state index contributed by atoms with van der Waals surface area (Å²) in [6.07, 6.45) is 0. The molecule has 0 radical (unpaired) electrons. The topological polar surface area (TPSA) is 130 Å². The number of hydrogen-bond donors (Lipinski definition) is 5. The predicted molar refractivity (Wildman–Crippen MR) is 149 cm³/mol. The predicted octanol–water partition coefficient (Wildman–Crippen LogP) is 5.24. The molecule has 10 heteroatoms. The van der Waals surface area contributed by atoms with Gasteiger partial charge in [-0.2, -0.15) is 0 Å². The summed E-state index contributed by atoms with van der Waals surface area (Å²) in [5.74, 6) is 2.07. The highest BCUT2D eigenvalue weighted by Crippen LogP contribution is 2.33. The van der Waals surface area contributed by atoms with Crippen molar-refractivity contribution < 1.29 is 28.9 Å². The van der Waals surface area contributed by atoms with Crippen LogP contribution >= 0.6 is 0 Å². The Kier molecular flexibility index (Phi) is 7.35. The van der Waals surface area contributed by atoms with Gasteiger partial charge in [-0.05, 0) is 72.8 Å². The Labute approximate surface area is 224 Å². The zero-order valence-electron chi connectivity index (χ0n) is 21.0. The number of nitrogens with one attached hydrogen (secondary N) is 4. The van der Waals surface area contributed by atoms with Gasteiger partial charge in [0.05, 0.1) is 18.5 Å². The third kappa shape index (κ3) is 6.50. The van der Waals surface area contributed by atoms with Gasteiger partial charge in [-0.3, -0.25) is 9.59 Å². The van der Waals surface area contributed by atoms with E-state index in [9.17, 15) is 14.7 Å². The van der Waals surface area contributed by atoms with Gasteiger partial charge in [0.2, 0.25) is 0 Å². The average Bonchev–Trinajstić information content (AvgIpc) is 2.95. The van der Waals surface area contributed by atoms with Crippen LogP contribution in [0.4, 0.5) is 34.1 Å². The maximum Gasteiger partial charge on any atom is 0.262 e. The highest BCUT2D eigenvalue weighted by atomic mass is 16.5. The third-order valence-electron chi connectivity index (χ3n) is 5.76. The third-order valence-corrected chi connectivity index (χ3v) is 5.76. The second kappa shape index (κ2) is 11.3. The molecule has 0 saturated heterocycles. The van der Waals surface area contributed by atoms with E-state index in [0.717, 1.165) is 28.5 Å². The molecule has 2 heterocycles. The van der Waals surface area contributed by atoms with Gasteiger partial charge in [0, 0.05) is 34.9 Å². The zero-order chi connectivity index (χ0) is 27.2. The van der Waals surface area contributed by atoms with Crippen molar-refractivity contribution in [2.24, 2.45) is 0 Å². The van der Waals surface area contributed by atoms with Crippen LogP contribution in [0.25, 0.3) is 0 Å². The molecule has 0 fully saturated rings. The second-order valence-corrected chi connectivity index (χ2v) is 8.62.